The van der Waals surface area contributed by atoms with Gasteiger partial charge in [-0.05, 0) is 24.3 Å². The first-order chi connectivity index (χ1) is 12.0. The maximum Gasteiger partial charge on any atom is 0.358 e. The topological polar surface area (TPSA) is 126 Å². The van der Waals surface area contributed by atoms with Crippen LogP contribution in [0, 0.1) is 0 Å². The van der Waals surface area contributed by atoms with Gasteiger partial charge in [0.05, 0.1) is 12.7 Å². The highest BCUT2D eigenvalue weighted by atomic mass is 16.5. The number of imidazole rings is 1. The van der Waals surface area contributed by atoms with Gasteiger partial charge in [-0.2, -0.15) is 0 Å². The SMILES string of the molecule is COC(=O)c1ccccc1N=Nc1c(C(=O)O)nc2c(O)cccn12. The molecule has 0 bridgehead atoms. The van der Waals surface area contributed by atoms with Gasteiger partial charge in [-0.25, -0.2) is 14.6 Å². The van der Waals surface area contributed by atoms with Crippen LogP contribution in [0.2, 0.25) is 0 Å². The summed E-state index contributed by atoms with van der Waals surface area (Å²) in [7, 11) is 1.24. The predicted octanol–water partition coefficient (Wildman–Crippen LogP) is 2.94. The number of carboxylic acids is 1. The molecule has 1 aromatic carbocycles. The van der Waals surface area contributed by atoms with Crippen molar-refractivity contribution in [1.29, 1.82) is 0 Å². The van der Waals surface area contributed by atoms with E-state index in [-0.39, 0.29) is 34.2 Å². The first-order valence-corrected chi connectivity index (χ1v) is 7.05. The van der Waals surface area contributed by atoms with Crippen LogP contribution in [0.1, 0.15) is 20.8 Å². The lowest BCUT2D eigenvalue weighted by molar-refractivity contribution is 0.0600. The lowest BCUT2D eigenvalue weighted by Crippen LogP contribution is -2.00. The highest BCUT2D eigenvalue weighted by Gasteiger charge is 2.20. The summed E-state index contributed by atoms with van der Waals surface area (Å²) in [5.74, 6) is -2.19. The second-order valence-electron chi connectivity index (χ2n) is 4.88. The molecule has 3 aromatic rings. The molecule has 126 valence electrons. The van der Waals surface area contributed by atoms with Crippen LogP contribution < -0.4 is 0 Å². The molecule has 0 spiro atoms. The minimum Gasteiger partial charge on any atom is -0.504 e. The second-order valence-corrected chi connectivity index (χ2v) is 4.88. The van der Waals surface area contributed by atoms with Crippen molar-refractivity contribution in [2.45, 2.75) is 0 Å². The molecule has 9 heteroatoms. The molecule has 0 radical (unpaired) electrons. The summed E-state index contributed by atoms with van der Waals surface area (Å²) in [6, 6.07) is 9.23. The number of aromatic carboxylic acids is 1. The van der Waals surface area contributed by atoms with Gasteiger partial charge in [0.25, 0.3) is 0 Å². The molecule has 0 saturated carbocycles. The minimum absolute atomic E-state index is 0.0371. The number of aromatic hydroxyl groups is 1. The molecule has 0 atom stereocenters. The Bertz CT molecular complexity index is 1010. The fourth-order valence-electron chi connectivity index (χ4n) is 2.22. The Morgan fingerprint density at radius 1 is 1.16 bits per heavy atom. The summed E-state index contributed by atoms with van der Waals surface area (Å²) in [6.07, 6.45) is 1.50. The molecule has 0 unspecified atom stereocenters. The zero-order chi connectivity index (χ0) is 18.0. The number of methoxy groups -OCH3 is 1. The van der Waals surface area contributed by atoms with Gasteiger partial charge in [-0.1, -0.05) is 12.1 Å². The van der Waals surface area contributed by atoms with Crippen LogP contribution in [0.15, 0.2) is 52.8 Å². The average molecular weight is 340 g/mol. The smallest absolute Gasteiger partial charge is 0.358 e. The molecular weight excluding hydrogens is 328 g/mol. The van der Waals surface area contributed by atoms with E-state index >= 15 is 0 Å². The Morgan fingerprint density at radius 3 is 2.64 bits per heavy atom. The molecule has 25 heavy (non-hydrogen) atoms. The quantitative estimate of drug-likeness (QED) is 0.555. The Morgan fingerprint density at radius 2 is 1.92 bits per heavy atom. The van der Waals surface area contributed by atoms with E-state index in [2.05, 4.69) is 19.9 Å². The molecule has 2 N–H and O–H groups in total. The number of carbonyl (C=O) groups excluding carboxylic acids is 1. The summed E-state index contributed by atoms with van der Waals surface area (Å²) in [5, 5.41) is 27.0. The number of fused-ring (bicyclic) bond motifs is 1. The summed E-state index contributed by atoms with van der Waals surface area (Å²) in [5.41, 5.74) is 0.0546. The van der Waals surface area contributed by atoms with Crippen molar-refractivity contribution >= 4 is 29.1 Å². The number of ether oxygens (including phenoxy) is 1. The average Bonchev–Trinajstić information content (AvgIpc) is 3.00. The second kappa shape index (κ2) is 6.40. The highest BCUT2D eigenvalue weighted by molar-refractivity contribution is 5.95. The van der Waals surface area contributed by atoms with Crippen LogP contribution in [-0.4, -0.2) is 38.6 Å². The van der Waals surface area contributed by atoms with E-state index in [0.29, 0.717) is 0 Å². The van der Waals surface area contributed by atoms with Crippen molar-refractivity contribution in [2.24, 2.45) is 10.2 Å². The van der Waals surface area contributed by atoms with Crippen LogP contribution in [0.25, 0.3) is 5.65 Å². The molecule has 2 aromatic heterocycles. The van der Waals surface area contributed by atoms with E-state index in [1.807, 2.05) is 0 Å². The third-order valence-corrected chi connectivity index (χ3v) is 3.37. The molecule has 0 saturated heterocycles. The largest absolute Gasteiger partial charge is 0.504 e. The molecule has 0 aliphatic carbocycles. The van der Waals surface area contributed by atoms with E-state index < -0.39 is 11.9 Å². The normalized spacial score (nSPS) is 11.1. The molecule has 0 aliphatic rings. The monoisotopic (exact) mass is 340 g/mol. The number of rotatable bonds is 4. The highest BCUT2D eigenvalue weighted by Crippen LogP contribution is 2.29. The summed E-state index contributed by atoms with van der Waals surface area (Å²) in [6.45, 7) is 0. The van der Waals surface area contributed by atoms with Crippen LogP contribution >= 0.6 is 0 Å². The van der Waals surface area contributed by atoms with Gasteiger partial charge in [-0.3, -0.25) is 4.40 Å². The van der Waals surface area contributed by atoms with Gasteiger partial charge < -0.3 is 14.9 Å². The van der Waals surface area contributed by atoms with E-state index in [0.717, 1.165) is 0 Å². The van der Waals surface area contributed by atoms with Crippen molar-refractivity contribution in [3.05, 3.63) is 53.9 Å². The predicted molar refractivity (Wildman–Crippen MR) is 85.8 cm³/mol. The number of esters is 1. The number of hydrogen-bond acceptors (Lipinski definition) is 7. The van der Waals surface area contributed by atoms with Crippen LogP contribution in [0.3, 0.4) is 0 Å². The Balaban J connectivity index is 2.14. The van der Waals surface area contributed by atoms with Crippen LogP contribution in [0.4, 0.5) is 11.5 Å². The van der Waals surface area contributed by atoms with Crippen molar-refractivity contribution in [3.63, 3.8) is 0 Å². The number of carboxylic acid groups (broad SMARTS) is 1. The zero-order valence-electron chi connectivity index (χ0n) is 12.9. The zero-order valence-corrected chi connectivity index (χ0v) is 12.9. The molecular formula is C16H12N4O5. The van der Waals surface area contributed by atoms with Crippen molar-refractivity contribution in [1.82, 2.24) is 9.38 Å². The third kappa shape index (κ3) is 2.90. The van der Waals surface area contributed by atoms with Gasteiger partial charge in [0.2, 0.25) is 0 Å². The number of azo groups is 1. The Hall–Kier alpha value is -3.75. The van der Waals surface area contributed by atoms with Crippen molar-refractivity contribution < 1.29 is 24.5 Å². The fourth-order valence-corrected chi connectivity index (χ4v) is 2.22. The standard InChI is InChI=1S/C16H12N4O5/c1-25-16(24)9-5-2-3-6-10(9)18-19-14-12(15(22)23)17-13-11(21)7-4-8-20(13)14/h2-8,21H,1H3,(H,22,23). The number of aromatic nitrogens is 2. The third-order valence-electron chi connectivity index (χ3n) is 3.37. The Labute approximate surface area is 140 Å². The van der Waals surface area contributed by atoms with E-state index in [4.69, 9.17) is 0 Å². The van der Waals surface area contributed by atoms with Crippen molar-refractivity contribution in [2.75, 3.05) is 7.11 Å². The lowest BCUT2D eigenvalue weighted by atomic mass is 10.2. The molecule has 2 heterocycles. The Kier molecular flexibility index (Phi) is 4.12. The fraction of sp³-hybridized carbons (Fsp3) is 0.0625. The van der Waals surface area contributed by atoms with E-state index in [1.54, 1.807) is 12.1 Å². The van der Waals surface area contributed by atoms with Gasteiger partial charge in [0.1, 0.15) is 5.69 Å². The number of pyridine rings is 1. The van der Waals surface area contributed by atoms with Crippen molar-refractivity contribution in [3.8, 4) is 5.75 Å². The lowest BCUT2D eigenvalue weighted by Gasteiger charge is -2.02. The summed E-state index contributed by atoms with van der Waals surface area (Å²) in [4.78, 5) is 27.0. The molecule has 0 aliphatic heterocycles. The maximum absolute atomic E-state index is 11.8. The number of hydrogen-bond donors (Lipinski definition) is 2. The number of benzene rings is 1. The summed E-state index contributed by atoms with van der Waals surface area (Å²) >= 11 is 0. The first kappa shape index (κ1) is 16.1. The number of nitrogens with zero attached hydrogens (tertiary/aromatic N) is 4. The summed E-state index contributed by atoms with van der Waals surface area (Å²) < 4.78 is 5.97. The van der Waals surface area contributed by atoms with Gasteiger partial charge >= 0.3 is 11.9 Å². The number of carbonyl (C=O) groups is 2. The van der Waals surface area contributed by atoms with Gasteiger partial charge in [0.15, 0.2) is 22.9 Å². The molecule has 9 nitrogen and oxygen atoms in total. The molecule has 3 rings (SSSR count). The minimum atomic E-state index is -1.32. The molecule has 0 fully saturated rings. The van der Waals surface area contributed by atoms with E-state index in [1.165, 1.54) is 42.0 Å². The van der Waals surface area contributed by atoms with E-state index in [9.17, 15) is 19.8 Å². The van der Waals surface area contributed by atoms with Crippen LogP contribution in [-0.2, 0) is 4.74 Å². The molecule has 0 amide bonds. The van der Waals surface area contributed by atoms with Gasteiger partial charge in [-0.15, -0.1) is 10.2 Å². The van der Waals surface area contributed by atoms with Crippen LogP contribution in [0.5, 0.6) is 5.75 Å². The first-order valence-electron chi connectivity index (χ1n) is 7.05. The van der Waals surface area contributed by atoms with Gasteiger partial charge in [0, 0.05) is 6.20 Å². The maximum atomic E-state index is 11.8.